The summed E-state index contributed by atoms with van der Waals surface area (Å²) in [6.07, 6.45) is -3.73. The van der Waals surface area contributed by atoms with Gasteiger partial charge < -0.3 is 19.7 Å². The van der Waals surface area contributed by atoms with Crippen LogP contribution in [-0.4, -0.2) is 39.6 Å². The molecule has 0 saturated carbocycles. The first-order chi connectivity index (χ1) is 18.8. The first-order valence-corrected chi connectivity index (χ1v) is 14.3. The Bertz CT molecular complexity index is 1450. The molecule has 4 rings (SSSR count). The van der Waals surface area contributed by atoms with Crippen LogP contribution >= 0.6 is 0 Å². The second kappa shape index (κ2) is 11.5. The van der Waals surface area contributed by atoms with Crippen molar-refractivity contribution in [1.29, 1.82) is 0 Å². The fourth-order valence-electron chi connectivity index (χ4n) is 4.87. The normalized spacial score (nSPS) is 14.8. The summed E-state index contributed by atoms with van der Waals surface area (Å²) >= 11 is 0. The third-order valence-corrected chi connectivity index (χ3v) is 7.59. The summed E-state index contributed by atoms with van der Waals surface area (Å²) < 4.78 is 61.7. The van der Waals surface area contributed by atoms with E-state index in [0.29, 0.717) is 33.5 Å². The number of anilines is 1. The van der Waals surface area contributed by atoms with Crippen molar-refractivity contribution >= 4 is 22.3 Å². The molecule has 214 valence electrons. The van der Waals surface area contributed by atoms with Gasteiger partial charge in [-0.2, -0.15) is 0 Å². The van der Waals surface area contributed by atoms with Crippen molar-refractivity contribution in [2.45, 2.75) is 57.6 Å². The second-order valence-corrected chi connectivity index (χ2v) is 11.9. The largest absolute Gasteiger partial charge is 0.586 e. The second-order valence-electron chi connectivity index (χ2n) is 10.8. The SMILES string of the molecule is CC(C)c1cc(-c2ccc3c(c2)OC(F)(F)O3)cc(C(C)C)c1C(C(=O)Nc1ccc(CN(C)C)cc1)[SH](=O)=O. The zero-order valence-electron chi connectivity index (χ0n) is 23.3. The smallest absolute Gasteiger partial charge is 0.395 e. The Balaban J connectivity index is 1.76. The van der Waals surface area contributed by atoms with Crippen LogP contribution in [0.4, 0.5) is 14.5 Å². The number of alkyl halides is 2. The van der Waals surface area contributed by atoms with Crippen LogP contribution < -0.4 is 14.8 Å². The van der Waals surface area contributed by atoms with E-state index in [1.54, 1.807) is 18.2 Å². The summed E-state index contributed by atoms with van der Waals surface area (Å²) in [5, 5.41) is 1.36. The van der Waals surface area contributed by atoms with Crippen LogP contribution in [0.3, 0.4) is 0 Å². The fraction of sp³-hybridized carbons (Fsp3) is 0.367. The summed E-state index contributed by atoms with van der Waals surface area (Å²) in [5.74, 6) is -1.06. The van der Waals surface area contributed by atoms with Crippen molar-refractivity contribution in [3.63, 3.8) is 0 Å². The molecule has 1 aliphatic heterocycles. The molecule has 0 fully saturated rings. The molecule has 3 aromatic rings. The lowest BCUT2D eigenvalue weighted by Gasteiger charge is -2.25. The zero-order valence-corrected chi connectivity index (χ0v) is 24.2. The lowest BCUT2D eigenvalue weighted by Crippen LogP contribution is -2.25. The molecule has 1 N–H and O–H groups in total. The number of nitrogens with zero attached hydrogens (tertiary/aromatic N) is 1. The third-order valence-electron chi connectivity index (χ3n) is 6.68. The first kappa shape index (κ1) is 29.5. The average Bonchev–Trinajstić information content (AvgIpc) is 3.17. The number of hydrogen-bond donors (Lipinski definition) is 2. The van der Waals surface area contributed by atoms with Crippen LogP contribution in [0.5, 0.6) is 11.5 Å². The van der Waals surface area contributed by atoms with Crippen LogP contribution in [0.1, 0.15) is 67.0 Å². The van der Waals surface area contributed by atoms with Crippen LogP contribution in [-0.2, 0) is 22.0 Å². The molecule has 40 heavy (non-hydrogen) atoms. The number of halogens is 2. The topological polar surface area (TPSA) is 84.9 Å². The molecular weight excluding hydrogens is 538 g/mol. The predicted molar refractivity (Wildman–Crippen MR) is 152 cm³/mol. The molecule has 10 heteroatoms. The van der Waals surface area contributed by atoms with E-state index in [9.17, 15) is 22.0 Å². The number of nitrogens with one attached hydrogen (secondary N) is 1. The van der Waals surface area contributed by atoms with E-state index in [4.69, 9.17) is 0 Å². The molecule has 0 spiro atoms. The molecule has 1 amide bonds. The van der Waals surface area contributed by atoms with E-state index >= 15 is 0 Å². The monoisotopic (exact) mass is 572 g/mol. The molecule has 0 radical (unpaired) electrons. The maximum absolute atomic E-state index is 13.6. The van der Waals surface area contributed by atoms with E-state index in [-0.39, 0.29) is 23.3 Å². The molecule has 0 aliphatic carbocycles. The molecule has 0 aromatic heterocycles. The number of carbonyl (C=O) groups is 1. The van der Waals surface area contributed by atoms with Crippen LogP contribution in [0.2, 0.25) is 0 Å². The lowest BCUT2D eigenvalue weighted by atomic mass is 9.83. The van der Waals surface area contributed by atoms with Gasteiger partial charge in [0.25, 0.3) is 0 Å². The van der Waals surface area contributed by atoms with E-state index in [1.807, 2.05) is 71.0 Å². The van der Waals surface area contributed by atoms with Gasteiger partial charge in [0.15, 0.2) is 27.5 Å². The molecule has 1 heterocycles. The maximum atomic E-state index is 13.6. The number of hydrogen-bond acceptors (Lipinski definition) is 6. The summed E-state index contributed by atoms with van der Waals surface area (Å²) in [5.41, 5.74) is 4.66. The van der Waals surface area contributed by atoms with Crippen molar-refractivity contribution < 1.29 is 31.5 Å². The molecule has 1 aliphatic rings. The zero-order chi connectivity index (χ0) is 29.4. The number of amides is 1. The molecule has 3 aromatic carbocycles. The summed E-state index contributed by atoms with van der Waals surface area (Å²) in [6, 6.07) is 15.4. The molecule has 1 atom stereocenters. The first-order valence-electron chi connectivity index (χ1n) is 13.0. The molecular formula is C30H34F2N2O5S. The van der Waals surface area contributed by atoms with E-state index in [1.165, 1.54) is 12.1 Å². The Kier molecular flexibility index (Phi) is 8.51. The Morgan fingerprint density at radius 3 is 1.98 bits per heavy atom. The molecule has 0 saturated heterocycles. The van der Waals surface area contributed by atoms with Gasteiger partial charge in [0.2, 0.25) is 5.91 Å². The number of fused-ring (bicyclic) bond motifs is 1. The Morgan fingerprint density at radius 2 is 1.45 bits per heavy atom. The predicted octanol–water partition coefficient (Wildman–Crippen LogP) is 6.27. The highest BCUT2D eigenvalue weighted by Crippen LogP contribution is 2.44. The van der Waals surface area contributed by atoms with Gasteiger partial charge in [-0.05, 0) is 83.6 Å². The van der Waals surface area contributed by atoms with Gasteiger partial charge in [-0.3, -0.25) is 4.79 Å². The molecule has 0 bridgehead atoms. The van der Waals surface area contributed by atoms with Crippen molar-refractivity contribution in [3.05, 3.63) is 76.9 Å². The average molecular weight is 573 g/mol. The number of ether oxygens (including phenoxy) is 2. The highest BCUT2D eigenvalue weighted by molar-refractivity contribution is 7.73. The third kappa shape index (κ3) is 6.45. The van der Waals surface area contributed by atoms with Gasteiger partial charge >= 0.3 is 6.29 Å². The minimum absolute atomic E-state index is 0.0617. The Hall–Kier alpha value is -3.50. The number of rotatable bonds is 9. The van der Waals surface area contributed by atoms with Gasteiger partial charge in [0.1, 0.15) is 0 Å². The van der Waals surface area contributed by atoms with Crippen LogP contribution in [0.15, 0.2) is 54.6 Å². The number of benzene rings is 3. The molecule has 1 unspecified atom stereocenters. The number of thiol groups is 1. The Morgan fingerprint density at radius 1 is 0.875 bits per heavy atom. The van der Waals surface area contributed by atoms with Crippen LogP contribution in [0.25, 0.3) is 11.1 Å². The van der Waals surface area contributed by atoms with Gasteiger partial charge in [-0.25, -0.2) is 8.42 Å². The Labute approximate surface area is 235 Å². The highest BCUT2D eigenvalue weighted by atomic mass is 32.2. The summed E-state index contributed by atoms with van der Waals surface area (Å²) in [7, 11) is 0.724. The van der Waals surface area contributed by atoms with E-state index in [0.717, 1.165) is 12.1 Å². The molecule has 7 nitrogen and oxygen atoms in total. The van der Waals surface area contributed by atoms with Crippen molar-refractivity contribution in [3.8, 4) is 22.6 Å². The van der Waals surface area contributed by atoms with Crippen molar-refractivity contribution in [2.75, 3.05) is 19.4 Å². The van der Waals surface area contributed by atoms with Gasteiger partial charge in [0, 0.05) is 12.2 Å². The fourth-order valence-corrected chi connectivity index (χ4v) is 5.63. The minimum atomic E-state index is -3.73. The standard InChI is InChI=1S/C30H34F2N2O5S/c1-17(2)23-13-21(20-9-12-25-26(15-20)39-30(31,32)38-25)14-24(18(3)4)27(23)28(40(36)37)29(35)33-22-10-7-19(8-11-22)16-34(5)6/h7-15,17-18,28,40H,16H2,1-6H3,(H,33,35). The van der Waals surface area contributed by atoms with Gasteiger partial charge in [-0.1, -0.05) is 58.0 Å². The summed E-state index contributed by atoms with van der Waals surface area (Å²) in [4.78, 5) is 15.5. The van der Waals surface area contributed by atoms with Crippen molar-refractivity contribution in [2.24, 2.45) is 0 Å². The van der Waals surface area contributed by atoms with Crippen molar-refractivity contribution in [1.82, 2.24) is 4.90 Å². The van der Waals surface area contributed by atoms with Crippen LogP contribution in [0, 0.1) is 0 Å². The van der Waals surface area contributed by atoms with E-state index < -0.39 is 28.2 Å². The van der Waals surface area contributed by atoms with E-state index in [2.05, 4.69) is 14.8 Å². The van der Waals surface area contributed by atoms with Gasteiger partial charge in [0.05, 0.1) is 0 Å². The highest BCUT2D eigenvalue weighted by Gasteiger charge is 2.43. The van der Waals surface area contributed by atoms with Gasteiger partial charge in [-0.15, -0.1) is 8.78 Å². The minimum Gasteiger partial charge on any atom is -0.395 e. The number of carbonyl (C=O) groups excluding carboxylic acids is 1. The quantitative estimate of drug-likeness (QED) is 0.294. The summed E-state index contributed by atoms with van der Waals surface area (Å²) in [6.45, 7) is 8.41. The lowest BCUT2D eigenvalue weighted by molar-refractivity contribution is -0.286. The maximum Gasteiger partial charge on any atom is 0.586 e.